The first kappa shape index (κ1) is 27.9. The lowest BCUT2D eigenvalue weighted by Crippen LogP contribution is -2.37. The van der Waals surface area contributed by atoms with E-state index >= 15 is 0 Å². The highest BCUT2D eigenvalue weighted by Gasteiger charge is 2.36. The molecule has 0 aliphatic heterocycles. The van der Waals surface area contributed by atoms with E-state index in [2.05, 4.69) is 22.4 Å². The number of azo groups is 1. The summed E-state index contributed by atoms with van der Waals surface area (Å²) < 4.78 is 10.7. The number of rotatable bonds is 8. The molecule has 0 amide bonds. The summed E-state index contributed by atoms with van der Waals surface area (Å²) in [6.45, 7) is 10.9. The number of methoxy groups -OCH3 is 2. The van der Waals surface area contributed by atoms with E-state index in [0.29, 0.717) is 12.8 Å². The Morgan fingerprint density at radius 2 is 0.958 bits per heavy atom. The number of nitrogens with zero attached hydrogens (tertiary/aromatic N) is 4. The Morgan fingerprint density at radius 3 is 1.12 bits per heavy atom. The smallest absolute Gasteiger partial charge is 0.167 e. The third kappa shape index (κ3) is 9.39. The van der Waals surface area contributed by atoms with Crippen LogP contribution in [0.1, 0.15) is 54.4 Å². The van der Waals surface area contributed by atoms with Crippen molar-refractivity contribution in [2.75, 3.05) is 14.2 Å². The molecule has 2 unspecified atom stereocenters. The van der Waals surface area contributed by atoms with E-state index in [1.807, 2.05) is 27.7 Å². The third-order valence-corrected chi connectivity index (χ3v) is 3.62. The minimum atomic E-state index is -1.05. The fourth-order valence-corrected chi connectivity index (χ4v) is 2.22. The van der Waals surface area contributed by atoms with Gasteiger partial charge in [-0.2, -0.15) is 20.8 Å². The fourth-order valence-electron chi connectivity index (χ4n) is 2.22. The Labute approximate surface area is 158 Å². The largest absolute Gasteiger partial charge is 0.379 e. The minimum Gasteiger partial charge on any atom is -0.379 e. The van der Waals surface area contributed by atoms with E-state index < -0.39 is 22.3 Å². The third-order valence-electron chi connectivity index (χ3n) is 3.62. The predicted octanol–water partition coefficient (Wildman–Crippen LogP) is 4.48. The highest BCUT2D eigenvalue weighted by molar-refractivity contribution is 5.85. The molecule has 24 heavy (non-hydrogen) atoms. The summed E-state index contributed by atoms with van der Waals surface area (Å²) >= 11 is 0. The maximum atomic E-state index is 9.43. The zero-order valence-corrected chi connectivity index (χ0v) is 17.5. The lowest BCUT2D eigenvalue weighted by atomic mass is 9.88. The molecule has 0 aliphatic carbocycles. The monoisotopic (exact) mass is 380 g/mol. The van der Waals surface area contributed by atoms with Gasteiger partial charge in [0.15, 0.2) is 11.1 Å². The summed E-state index contributed by atoms with van der Waals surface area (Å²) in [5.41, 5.74) is -3.10. The van der Waals surface area contributed by atoms with Crippen LogP contribution < -0.4 is 0 Å². The second-order valence-corrected chi connectivity index (χ2v) is 7.25. The summed E-state index contributed by atoms with van der Waals surface area (Å²) in [6, 6.07) is 4.32. The van der Waals surface area contributed by atoms with Crippen molar-refractivity contribution in [1.82, 2.24) is 0 Å². The van der Waals surface area contributed by atoms with Crippen LogP contribution in [0.5, 0.6) is 0 Å². The SMILES string of the molecule is COC(C)(C)CC(C)(C#N)N=NC(C)(C#N)CC(C)(C)OC.Cl.Cl. The van der Waals surface area contributed by atoms with Crippen LogP contribution in [0.15, 0.2) is 10.2 Å². The van der Waals surface area contributed by atoms with E-state index in [9.17, 15) is 10.5 Å². The van der Waals surface area contributed by atoms with Crippen molar-refractivity contribution in [3.63, 3.8) is 0 Å². The maximum absolute atomic E-state index is 9.43. The Hall–Kier alpha value is -0.920. The van der Waals surface area contributed by atoms with Gasteiger partial charge in [-0.3, -0.25) is 0 Å². The molecule has 0 fully saturated rings. The van der Waals surface area contributed by atoms with Gasteiger partial charge >= 0.3 is 0 Å². The topological polar surface area (TPSA) is 90.8 Å². The van der Waals surface area contributed by atoms with Gasteiger partial charge in [0.25, 0.3) is 0 Å². The standard InChI is InChI=1S/C16H28N4O2.2ClH/c1-13(2,21-7)9-15(5,11-17)19-20-16(6,12-18)10-14(3,4)22-8;;/h9-10H2,1-8H3;2*1H. The molecule has 0 aromatic heterocycles. The van der Waals surface area contributed by atoms with Gasteiger partial charge in [0.1, 0.15) is 0 Å². The first-order chi connectivity index (χ1) is 9.86. The molecule has 8 heteroatoms. The van der Waals surface area contributed by atoms with Crippen LogP contribution in [0.3, 0.4) is 0 Å². The Bertz CT molecular complexity index is 453. The number of hydrogen-bond acceptors (Lipinski definition) is 6. The van der Waals surface area contributed by atoms with Gasteiger partial charge in [0.05, 0.1) is 23.3 Å². The van der Waals surface area contributed by atoms with Gasteiger partial charge in [-0.25, -0.2) is 0 Å². The van der Waals surface area contributed by atoms with Gasteiger partial charge in [0, 0.05) is 27.1 Å². The van der Waals surface area contributed by atoms with Crippen molar-refractivity contribution >= 4 is 24.8 Å². The maximum Gasteiger partial charge on any atom is 0.167 e. The first-order valence-corrected chi connectivity index (χ1v) is 7.23. The molecular formula is C16H30Cl2N4O2. The fraction of sp³-hybridized carbons (Fsp3) is 0.875. The molecule has 0 aromatic carbocycles. The number of ether oxygens (including phenoxy) is 2. The van der Waals surface area contributed by atoms with Crippen molar-refractivity contribution in [2.24, 2.45) is 10.2 Å². The van der Waals surface area contributed by atoms with Crippen LogP contribution in [-0.4, -0.2) is 36.5 Å². The quantitative estimate of drug-likeness (QED) is 0.580. The Balaban J connectivity index is -0.00000220. The van der Waals surface area contributed by atoms with E-state index in [1.54, 1.807) is 28.1 Å². The molecule has 0 spiro atoms. The van der Waals surface area contributed by atoms with Crippen molar-refractivity contribution in [1.29, 1.82) is 10.5 Å². The van der Waals surface area contributed by atoms with E-state index in [1.165, 1.54) is 0 Å². The van der Waals surface area contributed by atoms with Crippen molar-refractivity contribution in [2.45, 2.75) is 76.7 Å². The molecule has 0 aliphatic rings. The highest BCUT2D eigenvalue weighted by Crippen LogP contribution is 2.30. The second-order valence-electron chi connectivity index (χ2n) is 7.25. The summed E-state index contributed by atoms with van der Waals surface area (Å²) in [5, 5.41) is 27.2. The van der Waals surface area contributed by atoms with Crippen LogP contribution in [-0.2, 0) is 9.47 Å². The lowest BCUT2D eigenvalue weighted by Gasteiger charge is -2.31. The van der Waals surface area contributed by atoms with E-state index in [0.717, 1.165) is 0 Å². The molecule has 6 nitrogen and oxygen atoms in total. The van der Waals surface area contributed by atoms with Crippen molar-refractivity contribution in [3.05, 3.63) is 0 Å². The zero-order chi connectivity index (χ0) is 17.7. The average molecular weight is 381 g/mol. The summed E-state index contributed by atoms with van der Waals surface area (Å²) in [5.74, 6) is 0. The molecule has 0 bridgehead atoms. The van der Waals surface area contributed by atoms with E-state index in [4.69, 9.17) is 9.47 Å². The van der Waals surface area contributed by atoms with Gasteiger partial charge in [0.2, 0.25) is 0 Å². The van der Waals surface area contributed by atoms with E-state index in [-0.39, 0.29) is 24.8 Å². The second kappa shape index (κ2) is 10.2. The lowest BCUT2D eigenvalue weighted by molar-refractivity contribution is 0.000704. The number of halogens is 2. The van der Waals surface area contributed by atoms with Gasteiger partial charge < -0.3 is 9.47 Å². The molecule has 0 aromatic rings. The molecular weight excluding hydrogens is 351 g/mol. The van der Waals surface area contributed by atoms with Crippen LogP contribution in [0.2, 0.25) is 0 Å². The Morgan fingerprint density at radius 1 is 0.708 bits per heavy atom. The van der Waals surface area contributed by atoms with Crippen LogP contribution >= 0.6 is 24.8 Å². The van der Waals surface area contributed by atoms with Gasteiger partial charge in [-0.1, -0.05) is 0 Å². The first-order valence-electron chi connectivity index (χ1n) is 7.23. The molecule has 0 saturated carbocycles. The molecule has 0 heterocycles. The summed E-state index contributed by atoms with van der Waals surface area (Å²) in [6.07, 6.45) is 0.761. The molecule has 140 valence electrons. The van der Waals surface area contributed by atoms with Gasteiger partial charge in [-0.05, 0) is 41.5 Å². The van der Waals surface area contributed by atoms with Crippen molar-refractivity contribution < 1.29 is 9.47 Å². The molecule has 0 N–H and O–H groups in total. The molecule has 0 radical (unpaired) electrons. The van der Waals surface area contributed by atoms with Crippen molar-refractivity contribution in [3.8, 4) is 12.1 Å². The Kier molecular flexibility index (Phi) is 11.8. The minimum absolute atomic E-state index is 0. The zero-order valence-electron chi connectivity index (χ0n) is 15.8. The number of nitriles is 2. The van der Waals surface area contributed by atoms with Crippen LogP contribution in [0, 0.1) is 22.7 Å². The molecule has 2 atom stereocenters. The van der Waals surface area contributed by atoms with Crippen LogP contribution in [0.25, 0.3) is 0 Å². The molecule has 0 saturated heterocycles. The summed E-state index contributed by atoms with van der Waals surface area (Å²) in [7, 11) is 3.19. The van der Waals surface area contributed by atoms with Gasteiger partial charge in [-0.15, -0.1) is 24.8 Å². The van der Waals surface area contributed by atoms with Crippen LogP contribution in [0.4, 0.5) is 0 Å². The molecule has 0 rings (SSSR count). The number of hydrogen-bond donors (Lipinski definition) is 0. The average Bonchev–Trinajstić information content (AvgIpc) is 2.44. The normalized spacial score (nSPS) is 16.8. The predicted molar refractivity (Wildman–Crippen MR) is 98.8 cm³/mol. The summed E-state index contributed by atoms with van der Waals surface area (Å²) in [4.78, 5) is 0. The highest BCUT2D eigenvalue weighted by atomic mass is 35.5.